The molecule has 5 nitrogen and oxygen atoms in total. The maximum atomic E-state index is 7.22. The Bertz CT molecular complexity index is 4680. The number of rotatable bonds is 8. The SMILES string of the molecule is CC(C)c1cc(C(C)C)c(B2c3cc(-n4c5ccccc5c5cc(-n6c7ccccc7c7ccccc76)ccc54)ccc3Oc3ccc(-n4c5ccccc5c5cc(-n6c7ccccc7c7ccccc76)ccc54)cc32)c(C(C)C)c1. The fourth-order valence-electron chi connectivity index (χ4n) is 14.1. The molecule has 0 unspecified atom stereocenters. The van der Waals surface area contributed by atoms with Crippen LogP contribution in [0, 0.1) is 0 Å². The van der Waals surface area contributed by atoms with Crippen LogP contribution in [-0.2, 0) is 0 Å². The van der Waals surface area contributed by atoms with Crippen LogP contribution in [0.15, 0.2) is 231 Å². The summed E-state index contributed by atoms with van der Waals surface area (Å²) < 4.78 is 17.0. The first-order valence-corrected chi connectivity index (χ1v) is 28.9. The second-order valence-electron chi connectivity index (χ2n) is 23.4. The van der Waals surface area contributed by atoms with E-state index in [4.69, 9.17) is 4.74 Å². The number of benzene rings is 11. The van der Waals surface area contributed by atoms with Crippen molar-refractivity contribution < 1.29 is 4.74 Å². The topological polar surface area (TPSA) is 28.9 Å². The smallest absolute Gasteiger partial charge is 0.251 e. The van der Waals surface area contributed by atoms with Crippen molar-refractivity contribution in [3.05, 3.63) is 247 Å². The molecule has 6 heteroatoms. The van der Waals surface area contributed by atoms with Gasteiger partial charge in [0.05, 0.1) is 44.1 Å². The van der Waals surface area contributed by atoms with Gasteiger partial charge in [0.15, 0.2) is 0 Å². The molecule has 0 atom stereocenters. The van der Waals surface area contributed by atoms with Gasteiger partial charge in [-0.1, -0.05) is 168 Å². The first-order valence-electron chi connectivity index (χ1n) is 28.9. The van der Waals surface area contributed by atoms with Crippen LogP contribution in [0.2, 0.25) is 0 Å². The summed E-state index contributed by atoms with van der Waals surface area (Å²) in [5, 5.41) is 9.91. The van der Waals surface area contributed by atoms with Crippen molar-refractivity contribution in [3.63, 3.8) is 0 Å². The molecule has 11 aromatic carbocycles. The third-order valence-corrected chi connectivity index (χ3v) is 17.8. The van der Waals surface area contributed by atoms with Crippen molar-refractivity contribution in [1.82, 2.24) is 18.3 Å². The van der Waals surface area contributed by atoms with Crippen molar-refractivity contribution >= 4 is 110 Å². The minimum Gasteiger partial charge on any atom is -0.458 e. The lowest BCUT2D eigenvalue weighted by molar-refractivity contribution is 0.487. The summed E-state index contributed by atoms with van der Waals surface area (Å²) in [5.41, 5.74) is 21.9. The number of hydrogen-bond donors (Lipinski definition) is 0. The number of aromatic nitrogens is 4. The Morgan fingerprint density at radius 2 is 0.568 bits per heavy atom. The van der Waals surface area contributed by atoms with E-state index in [0.717, 1.165) is 45.3 Å². The Morgan fingerprint density at radius 3 is 0.889 bits per heavy atom. The molecule has 0 radical (unpaired) electrons. The summed E-state index contributed by atoms with van der Waals surface area (Å²) in [6.07, 6.45) is 0. The minimum atomic E-state index is -0.135. The molecule has 81 heavy (non-hydrogen) atoms. The highest BCUT2D eigenvalue weighted by Crippen LogP contribution is 2.41. The van der Waals surface area contributed by atoms with Crippen molar-refractivity contribution in [1.29, 1.82) is 0 Å². The van der Waals surface area contributed by atoms with Gasteiger partial charge in [-0.3, -0.25) is 0 Å². The van der Waals surface area contributed by atoms with Crippen LogP contribution < -0.4 is 21.1 Å². The van der Waals surface area contributed by atoms with Gasteiger partial charge in [-0.2, -0.15) is 0 Å². The Morgan fingerprint density at radius 1 is 0.284 bits per heavy atom. The molecule has 15 aromatic rings. The number of ether oxygens (including phenoxy) is 1. The highest BCUT2D eigenvalue weighted by molar-refractivity contribution is 6.97. The van der Waals surface area contributed by atoms with E-state index in [1.165, 1.54) is 109 Å². The van der Waals surface area contributed by atoms with E-state index >= 15 is 0 Å². The third-order valence-electron chi connectivity index (χ3n) is 17.8. The van der Waals surface area contributed by atoms with Gasteiger partial charge in [-0.05, 0) is 155 Å². The molecule has 0 saturated carbocycles. The molecular weight excluding hydrogens is 984 g/mol. The van der Waals surface area contributed by atoms with Crippen LogP contribution >= 0.6 is 0 Å². The van der Waals surface area contributed by atoms with Gasteiger partial charge in [0.25, 0.3) is 6.71 Å². The van der Waals surface area contributed by atoms with Crippen LogP contribution in [0.4, 0.5) is 0 Å². The molecule has 16 rings (SSSR count). The lowest BCUT2D eigenvalue weighted by Gasteiger charge is -2.33. The van der Waals surface area contributed by atoms with Crippen molar-refractivity contribution in [2.45, 2.75) is 59.3 Å². The van der Waals surface area contributed by atoms with Crippen LogP contribution in [-0.4, -0.2) is 25.0 Å². The molecule has 0 N–H and O–H groups in total. The summed E-state index contributed by atoms with van der Waals surface area (Å²) >= 11 is 0. The second kappa shape index (κ2) is 18.0. The molecule has 5 heterocycles. The zero-order chi connectivity index (χ0) is 54.4. The number of para-hydroxylation sites is 6. The fraction of sp³-hybridized carbons (Fsp3) is 0.120. The molecule has 0 bridgehead atoms. The van der Waals surface area contributed by atoms with E-state index in [-0.39, 0.29) is 18.5 Å². The number of hydrogen-bond acceptors (Lipinski definition) is 1. The van der Waals surface area contributed by atoms with E-state index in [1.54, 1.807) is 0 Å². The van der Waals surface area contributed by atoms with Crippen molar-refractivity contribution in [2.75, 3.05) is 0 Å². The van der Waals surface area contributed by atoms with Crippen molar-refractivity contribution in [2.24, 2.45) is 0 Å². The molecular formula is C75H59BN4O. The highest BCUT2D eigenvalue weighted by Gasteiger charge is 2.38. The second-order valence-corrected chi connectivity index (χ2v) is 23.4. The molecule has 0 spiro atoms. The van der Waals surface area contributed by atoms with Gasteiger partial charge < -0.3 is 23.0 Å². The van der Waals surface area contributed by atoms with Crippen molar-refractivity contribution in [3.8, 4) is 34.2 Å². The Balaban J connectivity index is 0.910. The predicted octanol–water partition coefficient (Wildman–Crippen LogP) is 18.1. The first-order chi connectivity index (χ1) is 39.7. The number of fused-ring (bicyclic) bond motifs is 14. The quantitative estimate of drug-likeness (QED) is 0.139. The van der Waals surface area contributed by atoms with E-state index < -0.39 is 0 Å². The standard InChI is InChI=1S/C75H59BN4O/c1-45(2)48-39-59(46(3)4)75(60(40-48)47(5)6)76-63-43-51(79-69-29-17-11-23-57(69)61-41-49(31-35-71(61)79)77-65-25-13-7-19-53(65)54-20-8-14-26-66(54)77)33-37-73(63)81-74-38-34-52(44-64(74)76)80-70-30-18-12-24-58(70)62-42-50(32-36-72(62)80)78-67-27-15-9-21-55(67)56-22-10-16-28-68(56)78/h7-47H,1-6H3. The van der Waals surface area contributed by atoms with Gasteiger partial charge in [0.2, 0.25) is 0 Å². The average Bonchev–Trinajstić information content (AvgIpc) is 4.26. The fourth-order valence-corrected chi connectivity index (χ4v) is 14.1. The van der Waals surface area contributed by atoms with Gasteiger partial charge in [0.1, 0.15) is 11.5 Å². The molecule has 0 saturated heterocycles. The van der Waals surface area contributed by atoms with Crippen LogP contribution in [0.3, 0.4) is 0 Å². The Hall–Kier alpha value is -9.52. The number of nitrogens with zero attached hydrogens (tertiary/aromatic N) is 4. The van der Waals surface area contributed by atoms with Gasteiger partial charge in [-0.15, -0.1) is 0 Å². The average molecular weight is 1040 g/mol. The predicted molar refractivity (Wildman–Crippen MR) is 344 cm³/mol. The molecule has 0 amide bonds. The first kappa shape index (κ1) is 47.5. The van der Waals surface area contributed by atoms with Gasteiger partial charge in [0, 0.05) is 65.8 Å². The maximum absolute atomic E-state index is 7.22. The molecule has 0 aliphatic carbocycles. The largest absolute Gasteiger partial charge is 0.458 e. The molecule has 4 aromatic heterocycles. The van der Waals surface area contributed by atoms with Gasteiger partial charge >= 0.3 is 0 Å². The van der Waals surface area contributed by atoms with Gasteiger partial charge in [-0.25, -0.2) is 0 Å². The summed E-state index contributed by atoms with van der Waals surface area (Å²) in [6.45, 7) is 14.0. The zero-order valence-electron chi connectivity index (χ0n) is 46.4. The zero-order valence-corrected chi connectivity index (χ0v) is 46.4. The van der Waals surface area contributed by atoms with E-state index in [0.29, 0.717) is 5.92 Å². The molecule has 1 aliphatic heterocycles. The van der Waals surface area contributed by atoms with E-state index in [9.17, 15) is 0 Å². The van der Waals surface area contributed by atoms with Crippen LogP contribution in [0.1, 0.15) is 76.0 Å². The Labute approximate surface area is 471 Å². The monoisotopic (exact) mass is 1040 g/mol. The summed E-state index contributed by atoms with van der Waals surface area (Å²) in [7, 11) is 0. The van der Waals surface area contributed by atoms with E-state index in [1.807, 2.05) is 0 Å². The van der Waals surface area contributed by atoms with Crippen LogP contribution in [0.25, 0.3) is 110 Å². The van der Waals surface area contributed by atoms with E-state index in [2.05, 4.69) is 290 Å². The normalized spacial score (nSPS) is 12.7. The molecule has 1 aliphatic rings. The van der Waals surface area contributed by atoms with Crippen LogP contribution in [0.5, 0.6) is 11.5 Å². The highest BCUT2D eigenvalue weighted by atomic mass is 16.5. The summed E-state index contributed by atoms with van der Waals surface area (Å²) in [6, 6.07) is 85.9. The minimum absolute atomic E-state index is 0.135. The maximum Gasteiger partial charge on any atom is 0.251 e. The third kappa shape index (κ3) is 7.05. The molecule has 0 fully saturated rings. The lowest BCUT2D eigenvalue weighted by Crippen LogP contribution is -2.57. The lowest BCUT2D eigenvalue weighted by atomic mass is 9.33. The summed E-state index contributed by atoms with van der Waals surface area (Å²) in [5.74, 6) is 2.73. The Kier molecular flexibility index (Phi) is 10.6. The summed E-state index contributed by atoms with van der Waals surface area (Å²) in [4.78, 5) is 0. The molecule has 388 valence electrons.